The summed E-state index contributed by atoms with van der Waals surface area (Å²) in [7, 11) is 1.66. The normalized spacial score (nSPS) is 10.6. The van der Waals surface area contributed by atoms with Crippen molar-refractivity contribution in [2.45, 2.75) is 39.2 Å². The topological polar surface area (TPSA) is 50.7 Å². The number of hydrogen-bond donors (Lipinski definition) is 2. The van der Waals surface area contributed by atoms with Gasteiger partial charge >= 0.3 is 0 Å². The summed E-state index contributed by atoms with van der Waals surface area (Å²) >= 11 is 0. The Kier molecular flexibility index (Phi) is 8.83. The molecule has 20 heavy (non-hydrogen) atoms. The molecular weight excluding hydrogens is 254 g/mol. The zero-order valence-corrected chi connectivity index (χ0v) is 12.7. The molecule has 1 aromatic carbocycles. The number of nitrogens with one attached hydrogen (secondary N) is 1. The SMILES string of the molecule is CCCNCc1cccc(OC)c1OCCCCCO. The number of hydrogen-bond acceptors (Lipinski definition) is 4. The van der Waals surface area contributed by atoms with Gasteiger partial charge in [0.05, 0.1) is 13.7 Å². The highest BCUT2D eigenvalue weighted by Gasteiger charge is 2.10. The van der Waals surface area contributed by atoms with E-state index in [0.29, 0.717) is 6.61 Å². The van der Waals surface area contributed by atoms with Gasteiger partial charge in [0.25, 0.3) is 0 Å². The van der Waals surface area contributed by atoms with Crippen LogP contribution in [0.1, 0.15) is 38.2 Å². The van der Waals surface area contributed by atoms with Crippen molar-refractivity contribution >= 4 is 0 Å². The van der Waals surface area contributed by atoms with Crippen LogP contribution in [0.4, 0.5) is 0 Å². The number of rotatable bonds is 11. The second-order valence-corrected chi connectivity index (χ2v) is 4.76. The standard InChI is InChI=1S/C16H27NO3/c1-3-10-17-13-14-8-7-9-15(19-2)16(14)20-12-6-4-5-11-18/h7-9,17-18H,3-6,10-13H2,1-2H3. The van der Waals surface area contributed by atoms with Crippen molar-refractivity contribution in [1.82, 2.24) is 5.32 Å². The molecule has 0 aliphatic carbocycles. The van der Waals surface area contributed by atoms with E-state index in [0.717, 1.165) is 55.8 Å². The number of ether oxygens (including phenoxy) is 2. The van der Waals surface area contributed by atoms with Gasteiger partial charge in [-0.2, -0.15) is 0 Å². The summed E-state index contributed by atoms with van der Waals surface area (Å²) in [5.41, 5.74) is 1.12. The van der Waals surface area contributed by atoms with Crippen LogP contribution < -0.4 is 14.8 Å². The zero-order chi connectivity index (χ0) is 14.6. The maximum atomic E-state index is 8.76. The second-order valence-electron chi connectivity index (χ2n) is 4.76. The van der Waals surface area contributed by atoms with Crippen molar-refractivity contribution in [3.63, 3.8) is 0 Å². The van der Waals surface area contributed by atoms with E-state index < -0.39 is 0 Å². The molecule has 0 radical (unpaired) electrons. The van der Waals surface area contributed by atoms with E-state index in [1.165, 1.54) is 0 Å². The van der Waals surface area contributed by atoms with Crippen molar-refractivity contribution in [2.75, 3.05) is 26.9 Å². The molecule has 0 heterocycles. The van der Waals surface area contributed by atoms with Gasteiger partial charge in [0.1, 0.15) is 0 Å². The molecule has 0 spiro atoms. The van der Waals surface area contributed by atoms with Crippen LogP contribution >= 0.6 is 0 Å². The van der Waals surface area contributed by atoms with Crippen molar-refractivity contribution in [3.05, 3.63) is 23.8 Å². The highest BCUT2D eigenvalue weighted by Crippen LogP contribution is 2.31. The zero-order valence-electron chi connectivity index (χ0n) is 12.7. The lowest BCUT2D eigenvalue weighted by molar-refractivity contribution is 0.259. The first-order valence-corrected chi connectivity index (χ1v) is 7.43. The molecule has 0 saturated heterocycles. The minimum atomic E-state index is 0.251. The van der Waals surface area contributed by atoms with E-state index >= 15 is 0 Å². The van der Waals surface area contributed by atoms with Gasteiger partial charge in [-0.1, -0.05) is 19.1 Å². The van der Waals surface area contributed by atoms with Crippen molar-refractivity contribution in [3.8, 4) is 11.5 Å². The molecular formula is C16H27NO3. The Morgan fingerprint density at radius 1 is 1.20 bits per heavy atom. The van der Waals surface area contributed by atoms with Crippen LogP contribution in [-0.2, 0) is 6.54 Å². The Morgan fingerprint density at radius 3 is 2.75 bits per heavy atom. The van der Waals surface area contributed by atoms with Crippen LogP contribution in [-0.4, -0.2) is 32.0 Å². The van der Waals surface area contributed by atoms with Crippen LogP contribution in [0.5, 0.6) is 11.5 Å². The van der Waals surface area contributed by atoms with Crippen LogP contribution in [0.3, 0.4) is 0 Å². The summed E-state index contributed by atoms with van der Waals surface area (Å²) in [5.74, 6) is 1.62. The maximum absolute atomic E-state index is 8.76. The van der Waals surface area contributed by atoms with Crippen LogP contribution in [0.2, 0.25) is 0 Å². The first-order valence-electron chi connectivity index (χ1n) is 7.43. The van der Waals surface area contributed by atoms with Crippen LogP contribution in [0.15, 0.2) is 18.2 Å². The third kappa shape index (κ3) is 5.80. The number of aliphatic hydroxyl groups excluding tert-OH is 1. The molecule has 114 valence electrons. The molecule has 0 amide bonds. The van der Waals surface area contributed by atoms with Crippen molar-refractivity contribution in [1.29, 1.82) is 0 Å². The summed E-state index contributed by atoms with van der Waals surface area (Å²) in [6.07, 6.45) is 3.87. The van der Waals surface area contributed by atoms with Crippen LogP contribution in [0, 0.1) is 0 Å². The lowest BCUT2D eigenvalue weighted by atomic mass is 10.1. The van der Waals surface area contributed by atoms with Crippen molar-refractivity contribution in [2.24, 2.45) is 0 Å². The molecule has 0 aromatic heterocycles. The first kappa shape index (κ1) is 16.8. The highest BCUT2D eigenvalue weighted by atomic mass is 16.5. The molecule has 2 N–H and O–H groups in total. The average Bonchev–Trinajstić information content (AvgIpc) is 2.48. The number of aliphatic hydroxyl groups is 1. The van der Waals surface area contributed by atoms with E-state index in [4.69, 9.17) is 14.6 Å². The predicted octanol–water partition coefficient (Wildman–Crippen LogP) is 2.74. The fourth-order valence-corrected chi connectivity index (χ4v) is 1.99. The Bertz CT molecular complexity index is 369. The number of methoxy groups -OCH3 is 1. The largest absolute Gasteiger partial charge is 0.493 e. The van der Waals surface area contributed by atoms with E-state index in [1.54, 1.807) is 7.11 Å². The third-order valence-electron chi connectivity index (χ3n) is 3.07. The van der Waals surface area contributed by atoms with Gasteiger partial charge in [0, 0.05) is 18.7 Å². The van der Waals surface area contributed by atoms with E-state index in [9.17, 15) is 0 Å². The quantitative estimate of drug-likeness (QED) is 0.612. The second kappa shape index (κ2) is 10.5. The molecule has 0 atom stereocenters. The van der Waals surface area contributed by atoms with Crippen LogP contribution in [0.25, 0.3) is 0 Å². The van der Waals surface area contributed by atoms with Gasteiger partial charge in [0.2, 0.25) is 0 Å². The van der Waals surface area contributed by atoms with Gasteiger partial charge in [-0.05, 0) is 38.3 Å². The number of para-hydroxylation sites is 1. The van der Waals surface area contributed by atoms with E-state index in [2.05, 4.69) is 18.3 Å². The highest BCUT2D eigenvalue weighted by molar-refractivity contribution is 5.46. The molecule has 0 fully saturated rings. The molecule has 0 bridgehead atoms. The Labute approximate surface area is 122 Å². The molecule has 1 aromatic rings. The predicted molar refractivity (Wildman–Crippen MR) is 81.4 cm³/mol. The summed E-state index contributed by atoms with van der Waals surface area (Å²) in [6.45, 7) is 4.84. The fraction of sp³-hybridized carbons (Fsp3) is 0.625. The number of unbranched alkanes of at least 4 members (excludes halogenated alkanes) is 2. The Hall–Kier alpha value is -1.26. The summed E-state index contributed by atoms with van der Waals surface area (Å²) in [5, 5.41) is 12.1. The molecule has 0 aliphatic heterocycles. The smallest absolute Gasteiger partial charge is 0.165 e. The van der Waals surface area contributed by atoms with Crippen molar-refractivity contribution < 1.29 is 14.6 Å². The average molecular weight is 281 g/mol. The molecule has 4 nitrogen and oxygen atoms in total. The summed E-state index contributed by atoms with van der Waals surface area (Å²) in [6, 6.07) is 5.97. The lowest BCUT2D eigenvalue weighted by Gasteiger charge is -2.15. The Balaban J connectivity index is 2.59. The first-order chi connectivity index (χ1) is 9.83. The number of benzene rings is 1. The Morgan fingerprint density at radius 2 is 2.05 bits per heavy atom. The van der Waals surface area contributed by atoms with Gasteiger partial charge in [-0.3, -0.25) is 0 Å². The molecule has 0 unspecified atom stereocenters. The van der Waals surface area contributed by atoms with Gasteiger partial charge in [-0.25, -0.2) is 0 Å². The molecule has 0 saturated carbocycles. The van der Waals surface area contributed by atoms with Gasteiger partial charge < -0.3 is 19.9 Å². The van der Waals surface area contributed by atoms with E-state index in [-0.39, 0.29) is 6.61 Å². The lowest BCUT2D eigenvalue weighted by Crippen LogP contribution is -2.15. The van der Waals surface area contributed by atoms with Gasteiger partial charge in [0.15, 0.2) is 11.5 Å². The minimum Gasteiger partial charge on any atom is -0.493 e. The maximum Gasteiger partial charge on any atom is 0.165 e. The summed E-state index contributed by atoms with van der Waals surface area (Å²) < 4.78 is 11.3. The third-order valence-corrected chi connectivity index (χ3v) is 3.07. The molecule has 4 heteroatoms. The summed E-state index contributed by atoms with van der Waals surface area (Å²) in [4.78, 5) is 0. The fourth-order valence-electron chi connectivity index (χ4n) is 1.99. The molecule has 1 rings (SSSR count). The minimum absolute atomic E-state index is 0.251. The van der Waals surface area contributed by atoms with E-state index in [1.807, 2.05) is 12.1 Å². The monoisotopic (exact) mass is 281 g/mol. The molecule has 0 aliphatic rings. The van der Waals surface area contributed by atoms with Gasteiger partial charge in [-0.15, -0.1) is 0 Å².